The van der Waals surface area contributed by atoms with Crippen LogP contribution in [0.5, 0.6) is 17.2 Å². The highest BCUT2D eigenvalue weighted by molar-refractivity contribution is 5.66. The van der Waals surface area contributed by atoms with Crippen LogP contribution >= 0.6 is 0 Å². The minimum atomic E-state index is 0.105. The summed E-state index contributed by atoms with van der Waals surface area (Å²) in [4.78, 5) is 4.59. The Bertz CT molecular complexity index is 703. The van der Waals surface area contributed by atoms with Crippen LogP contribution in [0.4, 0.5) is 0 Å². The van der Waals surface area contributed by atoms with Crippen molar-refractivity contribution in [2.24, 2.45) is 5.92 Å². The first kappa shape index (κ1) is 17.5. The van der Waals surface area contributed by atoms with Gasteiger partial charge in [0, 0.05) is 12.2 Å². The van der Waals surface area contributed by atoms with E-state index < -0.39 is 0 Å². The van der Waals surface area contributed by atoms with E-state index in [4.69, 9.17) is 23.5 Å². The van der Waals surface area contributed by atoms with Crippen LogP contribution in [-0.2, 0) is 4.74 Å². The van der Waals surface area contributed by atoms with Gasteiger partial charge in [0.1, 0.15) is 0 Å². The summed E-state index contributed by atoms with van der Waals surface area (Å²) in [7, 11) is 4.72. The largest absolute Gasteiger partial charge is 0.493 e. The molecule has 0 radical (unpaired) electrons. The van der Waals surface area contributed by atoms with Gasteiger partial charge in [-0.1, -0.05) is 19.0 Å². The lowest BCUT2D eigenvalue weighted by molar-refractivity contribution is 0.0627. The Hall–Kier alpha value is -2.28. The standard InChI is InChI=1S/C18H24N2O5/c1-10(2)15-12(6-7-24-15)18-19-17(20-25-18)11-8-13(21-3)16(23-5)14(9-11)22-4/h8-10,12,15H,6-7H2,1-5H3/t12-,15-/m0/s1. The molecule has 1 aliphatic heterocycles. The van der Waals surface area contributed by atoms with Crippen LogP contribution in [0, 0.1) is 5.92 Å². The highest BCUT2D eigenvalue weighted by atomic mass is 16.5. The summed E-state index contributed by atoms with van der Waals surface area (Å²) in [6.07, 6.45) is 0.993. The fraction of sp³-hybridized carbons (Fsp3) is 0.556. The third-order valence-electron chi connectivity index (χ3n) is 4.47. The molecule has 0 saturated carbocycles. The second-order valence-electron chi connectivity index (χ2n) is 6.34. The molecule has 1 fully saturated rings. The van der Waals surface area contributed by atoms with Crippen molar-refractivity contribution in [3.63, 3.8) is 0 Å². The monoisotopic (exact) mass is 348 g/mol. The Morgan fingerprint density at radius 2 is 1.76 bits per heavy atom. The van der Waals surface area contributed by atoms with Crippen LogP contribution in [0.25, 0.3) is 11.4 Å². The summed E-state index contributed by atoms with van der Waals surface area (Å²) < 4.78 is 27.5. The average molecular weight is 348 g/mol. The van der Waals surface area contributed by atoms with Gasteiger partial charge in [0.15, 0.2) is 11.5 Å². The Morgan fingerprint density at radius 3 is 2.32 bits per heavy atom. The van der Waals surface area contributed by atoms with E-state index in [0.717, 1.165) is 18.6 Å². The lowest BCUT2D eigenvalue weighted by Crippen LogP contribution is -2.21. The zero-order valence-corrected chi connectivity index (χ0v) is 15.2. The van der Waals surface area contributed by atoms with Gasteiger partial charge < -0.3 is 23.5 Å². The summed E-state index contributed by atoms with van der Waals surface area (Å²) in [5.74, 6) is 3.25. The lowest BCUT2D eigenvalue weighted by Gasteiger charge is -2.18. The minimum absolute atomic E-state index is 0.105. The molecule has 0 aliphatic carbocycles. The van der Waals surface area contributed by atoms with Crippen LogP contribution in [0.1, 0.15) is 32.1 Å². The molecule has 0 amide bonds. The third kappa shape index (κ3) is 3.28. The molecule has 25 heavy (non-hydrogen) atoms. The zero-order chi connectivity index (χ0) is 18.0. The number of hydrogen-bond acceptors (Lipinski definition) is 7. The van der Waals surface area contributed by atoms with Gasteiger partial charge in [0.2, 0.25) is 17.5 Å². The first-order valence-corrected chi connectivity index (χ1v) is 8.34. The maximum absolute atomic E-state index is 5.82. The number of aromatic nitrogens is 2. The second-order valence-corrected chi connectivity index (χ2v) is 6.34. The van der Waals surface area contributed by atoms with Crippen molar-refractivity contribution in [2.75, 3.05) is 27.9 Å². The maximum atomic E-state index is 5.82. The zero-order valence-electron chi connectivity index (χ0n) is 15.2. The van der Waals surface area contributed by atoms with Gasteiger partial charge in [-0.25, -0.2) is 0 Å². The number of benzene rings is 1. The van der Waals surface area contributed by atoms with Gasteiger partial charge in [0.25, 0.3) is 0 Å². The van der Waals surface area contributed by atoms with E-state index in [2.05, 4.69) is 24.0 Å². The topological polar surface area (TPSA) is 75.8 Å². The summed E-state index contributed by atoms with van der Waals surface area (Å²) >= 11 is 0. The summed E-state index contributed by atoms with van der Waals surface area (Å²) in [5.41, 5.74) is 0.740. The van der Waals surface area contributed by atoms with Crippen molar-refractivity contribution in [1.82, 2.24) is 10.1 Å². The molecule has 2 aromatic rings. The predicted octanol–water partition coefficient (Wildman–Crippen LogP) is 3.29. The molecule has 2 atom stereocenters. The molecule has 1 aromatic heterocycles. The lowest BCUT2D eigenvalue weighted by atomic mass is 9.93. The Labute approximate surface area is 147 Å². The number of nitrogens with zero attached hydrogens (tertiary/aromatic N) is 2. The SMILES string of the molecule is COc1cc(-c2noc([C@H]3CCO[C@H]3C(C)C)n2)cc(OC)c1OC. The highest BCUT2D eigenvalue weighted by Crippen LogP contribution is 2.41. The smallest absolute Gasteiger partial charge is 0.232 e. The van der Waals surface area contributed by atoms with Gasteiger partial charge in [-0.15, -0.1) is 0 Å². The quantitative estimate of drug-likeness (QED) is 0.793. The molecule has 7 heteroatoms. The van der Waals surface area contributed by atoms with Gasteiger partial charge in [-0.2, -0.15) is 4.98 Å². The maximum Gasteiger partial charge on any atom is 0.232 e. The van der Waals surface area contributed by atoms with Crippen molar-refractivity contribution >= 4 is 0 Å². The molecular formula is C18H24N2O5. The van der Waals surface area contributed by atoms with E-state index in [1.165, 1.54) is 0 Å². The minimum Gasteiger partial charge on any atom is -0.493 e. The molecule has 2 heterocycles. The van der Waals surface area contributed by atoms with E-state index in [-0.39, 0.29) is 12.0 Å². The third-order valence-corrected chi connectivity index (χ3v) is 4.47. The van der Waals surface area contributed by atoms with Crippen molar-refractivity contribution in [2.45, 2.75) is 32.3 Å². The molecular weight excluding hydrogens is 324 g/mol. The Morgan fingerprint density at radius 1 is 1.08 bits per heavy atom. The predicted molar refractivity (Wildman–Crippen MR) is 91.3 cm³/mol. The fourth-order valence-corrected chi connectivity index (χ4v) is 3.25. The Balaban J connectivity index is 1.95. The molecule has 7 nitrogen and oxygen atoms in total. The van der Waals surface area contributed by atoms with E-state index in [1.807, 2.05) is 0 Å². The van der Waals surface area contributed by atoms with E-state index >= 15 is 0 Å². The van der Waals surface area contributed by atoms with E-state index in [9.17, 15) is 0 Å². The highest BCUT2D eigenvalue weighted by Gasteiger charge is 2.36. The number of rotatable bonds is 6. The van der Waals surface area contributed by atoms with Crippen LogP contribution in [0.3, 0.4) is 0 Å². The van der Waals surface area contributed by atoms with Crippen molar-refractivity contribution < 1.29 is 23.5 Å². The molecule has 0 spiro atoms. The van der Waals surface area contributed by atoms with E-state index in [0.29, 0.717) is 34.9 Å². The van der Waals surface area contributed by atoms with Crippen molar-refractivity contribution in [1.29, 1.82) is 0 Å². The Kier molecular flexibility index (Phi) is 5.13. The number of methoxy groups -OCH3 is 3. The molecule has 0 unspecified atom stereocenters. The van der Waals surface area contributed by atoms with Crippen molar-refractivity contribution in [3.8, 4) is 28.6 Å². The van der Waals surface area contributed by atoms with Crippen LogP contribution < -0.4 is 14.2 Å². The molecule has 0 bridgehead atoms. The molecule has 3 rings (SSSR count). The number of hydrogen-bond donors (Lipinski definition) is 0. The fourth-order valence-electron chi connectivity index (χ4n) is 3.25. The van der Waals surface area contributed by atoms with Gasteiger partial charge in [0.05, 0.1) is 33.4 Å². The van der Waals surface area contributed by atoms with Crippen molar-refractivity contribution in [3.05, 3.63) is 18.0 Å². The first-order valence-electron chi connectivity index (χ1n) is 8.34. The molecule has 1 aromatic carbocycles. The number of ether oxygens (including phenoxy) is 4. The van der Waals surface area contributed by atoms with Crippen LogP contribution in [0.2, 0.25) is 0 Å². The summed E-state index contributed by atoms with van der Waals surface area (Å²) in [6.45, 7) is 4.99. The summed E-state index contributed by atoms with van der Waals surface area (Å²) in [5, 5.41) is 4.14. The van der Waals surface area contributed by atoms with Crippen LogP contribution in [-0.4, -0.2) is 44.2 Å². The first-order chi connectivity index (χ1) is 12.1. The molecule has 1 aliphatic rings. The van der Waals surface area contributed by atoms with Crippen LogP contribution in [0.15, 0.2) is 16.7 Å². The molecule has 0 N–H and O–H groups in total. The molecule has 136 valence electrons. The average Bonchev–Trinajstić information content (AvgIpc) is 3.28. The second kappa shape index (κ2) is 7.31. The summed E-state index contributed by atoms with van der Waals surface area (Å²) in [6, 6.07) is 3.61. The molecule has 1 saturated heterocycles. The normalized spacial score (nSPS) is 20.1. The van der Waals surface area contributed by atoms with Gasteiger partial charge in [-0.3, -0.25) is 0 Å². The van der Waals surface area contributed by atoms with E-state index in [1.54, 1.807) is 33.5 Å². The van der Waals surface area contributed by atoms with Gasteiger partial charge >= 0.3 is 0 Å². The van der Waals surface area contributed by atoms with Gasteiger partial charge in [-0.05, 0) is 24.5 Å².